The Hall–Kier alpha value is -2.31. The van der Waals surface area contributed by atoms with Crippen molar-refractivity contribution < 1.29 is 19.1 Å². The van der Waals surface area contributed by atoms with Crippen LogP contribution in [0.3, 0.4) is 0 Å². The van der Waals surface area contributed by atoms with Gasteiger partial charge in [-0.05, 0) is 46.6 Å². The molecule has 0 unspecified atom stereocenters. The third-order valence-corrected chi connectivity index (χ3v) is 4.94. The van der Waals surface area contributed by atoms with Gasteiger partial charge in [0.05, 0.1) is 5.56 Å². The van der Waals surface area contributed by atoms with Gasteiger partial charge >= 0.3 is 12.0 Å². The zero-order valence-corrected chi connectivity index (χ0v) is 16.1. The van der Waals surface area contributed by atoms with Crippen LogP contribution in [-0.2, 0) is 16.1 Å². The highest BCUT2D eigenvalue weighted by Crippen LogP contribution is 2.18. The Morgan fingerprint density at radius 1 is 1.23 bits per heavy atom. The zero-order chi connectivity index (χ0) is 19.3. The summed E-state index contributed by atoms with van der Waals surface area (Å²) in [4.78, 5) is 36.4. The van der Waals surface area contributed by atoms with E-state index in [1.165, 1.54) is 13.3 Å². The lowest BCUT2D eigenvalue weighted by Gasteiger charge is -2.23. The van der Waals surface area contributed by atoms with Crippen molar-refractivity contribution in [3.05, 3.63) is 23.0 Å². The Balaban J connectivity index is 1.87. The maximum Gasteiger partial charge on any atom is 0.340 e. The number of urea groups is 1. The van der Waals surface area contributed by atoms with Crippen LogP contribution in [0.4, 0.5) is 4.79 Å². The largest absolute Gasteiger partial charge is 0.449 e. The molecular weight excluding hydrogens is 334 g/mol. The number of ether oxygens (including phenoxy) is 1. The molecule has 1 atom stereocenters. The Labute approximate surface area is 154 Å². The minimum atomic E-state index is -1.05. The third-order valence-electron chi connectivity index (χ3n) is 4.94. The van der Waals surface area contributed by atoms with Crippen LogP contribution in [0.15, 0.2) is 6.07 Å². The summed E-state index contributed by atoms with van der Waals surface area (Å²) in [5, 5.41) is 5.06. The van der Waals surface area contributed by atoms with Crippen LogP contribution in [0.1, 0.15) is 67.7 Å². The normalized spacial score (nSPS) is 16.0. The fraction of sp³-hybridized carbons (Fsp3) is 0.632. The number of nitrogens with one attached hydrogen (secondary N) is 2. The standard InChI is InChI=1S/C19H29N3O4/c1-5-22-12(2)11-16(13(22)3)18(24)26-14(4)17(23)21-19(25)20-15-9-7-6-8-10-15/h11,14-15H,5-10H2,1-4H3,(H2,20,21,23,25)/t14-/m1/s1. The Morgan fingerprint density at radius 3 is 2.46 bits per heavy atom. The van der Waals surface area contributed by atoms with Gasteiger partial charge < -0.3 is 14.6 Å². The fourth-order valence-corrected chi connectivity index (χ4v) is 3.45. The highest BCUT2D eigenvalue weighted by atomic mass is 16.5. The van der Waals surface area contributed by atoms with Crippen LogP contribution < -0.4 is 10.6 Å². The van der Waals surface area contributed by atoms with Gasteiger partial charge in [0.25, 0.3) is 5.91 Å². The van der Waals surface area contributed by atoms with Crippen molar-refractivity contribution in [2.24, 2.45) is 0 Å². The van der Waals surface area contributed by atoms with E-state index in [1.807, 2.05) is 25.3 Å². The molecule has 144 valence electrons. The van der Waals surface area contributed by atoms with Gasteiger partial charge in [-0.1, -0.05) is 19.3 Å². The third kappa shape index (κ3) is 4.86. The van der Waals surface area contributed by atoms with Crippen LogP contribution in [0.25, 0.3) is 0 Å². The molecule has 2 rings (SSSR count). The molecular formula is C19H29N3O4. The first kappa shape index (κ1) is 20.0. The van der Waals surface area contributed by atoms with Crippen molar-refractivity contribution in [1.82, 2.24) is 15.2 Å². The molecule has 0 radical (unpaired) electrons. The molecule has 0 saturated heterocycles. The zero-order valence-electron chi connectivity index (χ0n) is 16.1. The number of rotatable bonds is 5. The summed E-state index contributed by atoms with van der Waals surface area (Å²) in [6, 6.07) is 1.32. The van der Waals surface area contributed by atoms with Gasteiger partial charge in [-0.3, -0.25) is 10.1 Å². The summed E-state index contributed by atoms with van der Waals surface area (Å²) in [6.07, 6.45) is 4.17. The molecule has 1 aliphatic carbocycles. The second kappa shape index (κ2) is 8.87. The van der Waals surface area contributed by atoms with Crippen LogP contribution in [0, 0.1) is 13.8 Å². The van der Waals surface area contributed by atoms with Gasteiger partial charge in [0.15, 0.2) is 6.10 Å². The molecule has 26 heavy (non-hydrogen) atoms. The average Bonchev–Trinajstić information content (AvgIpc) is 2.89. The molecule has 1 saturated carbocycles. The van der Waals surface area contributed by atoms with E-state index in [2.05, 4.69) is 10.6 Å². The molecule has 7 heteroatoms. The quantitative estimate of drug-likeness (QED) is 0.787. The lowest BCUT2D eigenvalue weighted by atomic mass is 9.96. The van der Waals surface area contributed by atoms with Gasteiger partial charge in [-0.25, -0.2) is 9.59 Å². The number of aromatic nitrogens is 1. The van der Waals surface area contributed by atoms with Crippen molar-refractivity contribution in [3.63, 3.8) is 0 Å². The van der Waals surface area contributed by atoms with Crippen LogP contribution in [0.2, 0.25) is 0 Å². The van der Waals surface area contributed by atoms with E-state index in [1.54, 1.807) is 6.07 Å². The molecule has 0 aliphatic heterocycles. The number of nitrogens with zero attached hydrogens (tertiary/aromatic N) is 1. The van der Waals surface area contributed by atoms with E-state index < -0.39 is 24.0 Å². The summed E-state index contributed by atoms with van der Waals surface area (Å²) in [7, 11) is 0. The molecule has 0 aromatic carbocycles. The molecule has 7 nitrogen and oxygen atoms in total. The number of carbonyl (C=O) groups is 3. The molecule has 1 fully saturated rings. The molecule has 1 aromatic heterocycles. The SMILES string of the molecule is CCn1c(C)cc(C(=O)O[C@H](C)C(=O)NC(=O)NC2CCCCC2)c1C. The van der Waals surface area contributed by atoms with Crippen molar-refractivity contribution in [1.29, 1.82) is 0 Å². The average molecular weight is 363 g/mol. The van der Waals surface area contributed by atoms with Crippen molar-refractivity contribution in [3.8, 4) is 0 Å². The smallest absolute Gasteiger partial charge is 0.340 e. The van der Waals surface area contributed by atoms with E-state index in [0.717, 1.165) is 43.6 Å². The second-order valence-corrected chi connectivity index (χ2v) is 6.87. The monoisotopic (exact) mass is 363 g/mol. The summed E-state index contributed by atoms with van der Waals surface area (Å²) in [5.41, 5.74) is 2.20. The highest BCUT2D eigenvalue weighted by molar-refractivity contribution is 5.98. The highest BCUT2D eigenvalue weighted by Gasteiger charge is 2.24. The Kier molecular flexibility index (Phi) is 6.83. The van der Waals surface area contributed by atoms with Crippen molar-refractivity contribution in [2.75, 3.05) is 0 Å². The fourth-order valence-electron chi connectivity index (χ4n) is 3.45. The maximum absolute atomic E-state index is 12.3. The number of hydrogen-bond acceptors (Lipinski definition) is 4. The van der Waals surface area contributed by atoms with Gasteiger partial charge in [0.2, 0.25) is 0 Å². The van der Waals surface area contributed by atoms with Crippen LogP contribution in [-0.4, -0.2) is 34.6 Å². The minimum absolute atomic E-state index is 0.105. The predicted molar refractivity (Wildman–Crippen MR) is 98.0 cm³/mol. The number of carbonyl (C=O) groups excluding carboxylic acids is 3. The van der Waals surface area contributed by atoms with E-state index in [4.69, 9.17) is 4.74 Å². The van der Waals surface area contributed by atoms with E-state index in [-0.39, 0.29) is 6.04 Å². The van der Waals surface area contributed by atoms with Crippen LogP contribution in [0.5, 0.6) is 0 Å². The van der Waals surface area contributed by atoms with Gasteiger partial charge in [-0.2, -0.15) is 0 Å². The Bertz CT molecular complexity index is 675. The lowest BCUT2D eigenvalue weighted by Crippen LogP contribution is -2.48. The molecule has 2 N–H and O–H groups in total. The molecule has 3 amide bonds. The summed E-state index contributed by atoms with van der Waals surface area (Å²) < 4.78 is 7.24. The molecule has 0 spiro atoms. The maximum atomic E-state index is 12.3. The number of esters is 1. The number of amides is 3. The minimum Gasteiger partial charge on any atom is -0.449 e. The summed E-state index contributed by atoms with van der Waals surface area (Å²) in [6.45, 7) is 7.97. The second-order valence-electron chi connectivity index (χ2n) is 6.87. The first-order valence-corrected chi connectivity index (χ1v) is 9.32. The van der Waals surface area contributed by atoms with Crippen LogP contribution >= 0.6 is 0 Å². The molecule has 1 aliphatic rings. The lowest BCUT2D eigenvalue weighted by molar-refractivity contribution is -0.127. The number of aryl methyl sites for hydroxylation is 1. The topological polar surface area (TPSA) is 89.4 Å². The molecule has 1 aromatic rings. The van der Waals surface area contributed by atoms with E-state index in [0.29, 0.717) is 5.56 Å². The number of hydrogen-bond donors (Lipinski definition) is 2. The van der Waals surface area contributed by atoms with E-state index in [9.17, 15) is 14.4 Å². The summed E-state index contributed by atoms with van der Waals surface area (Å²) in [5.74, 6) is -1.19. The first-order valence-electron chi connectivity index (χ1n) is 9.32. The molecule has 0 bridgehead atoms. The van der Waals surface area contributed by atoms with E-state index >= 15 is 0 Å². The van der Waals surface area contributed by atoms with Crippen molar-refractivity contribution >= 4 is 17.9 Å². The first-order chi connectivity index (χ1) is 12.3. The Morgan fingerprint density at radius 2 is 1.88 bits per heavy atom. The van der Waals surface area contributed by atoms with Gasteiger partial charge in [0, 0.05) is 24.0 Å². The summed E-state index contributed by atoms with van der Waals surface area (Å²) >= 11 is 0. The van der Waals surface area contributed by atoms with Crippen molar-refractivity contribution in [2.45, 2.75) is 78.5 Å². The van der Waals surface area contributed by atoms with Gasteiger partial charge in [0.1, 0.15) is 0 Å². The molecule has 1 heterocycles. The predicted octanol–water partition coefficient (Wildman–Crippen LogP) is 2.83. The van der Waals surface area contributed by atoms with Gasteiger partial charge in [-0.15, -0.1) is 0 Å². The number of imide groups is 1.